The van der Waals surface area contributed by atoms with Gasteiger partial charge in [0.1, 0.15) is 5.36 Å². The molecular weight excluding hydrogens is 452 g/mol. The molecule has 0 N–H and O–H groups in total. The summed E-state index contributed by atoms with van der Waals surface area (Å²) >= 11 is 0. The zero-order valence-electron chi connectivity index (χ0n) is 20.5. The van der Waals surface area contributed by atoms with Crippen molar-refractivity contribution in [3.05, 3.63) is 59.0 Å². The first-order valence-corrected chi connectivity index (χ1v) is 12.4. The Bertz CT molecular complexity index is 1260. The second-order valence-electron chi connectivity index (χ2n) is 9.46. The Hall–Kier alpha value is -3.07. The second kappa shape index (κ2) is 10.5. The Morgan fingerprint density at radius 2 is 1.71 bits per heavy atom. The fourth-order valence-electron chi connectivity index (χ4n) is 4.07. The molecule has 2 unspecified atom stereocenters. The van der Waals surface area contributed by atoms with E-state index in [0.29, 0.717) is 12.8 Å². The van der Waals surface area contributed by atoms with E-state index in [1.54, 1.807) is 33.3 Å². The van der Waals surface area contributed by atoms with Crippen LogP contribution in [-0.4, -0.2) is 49.1 Å². The Kier molecular flexibility index (Phi) is 7.86. The molecule has 2 heterocycles. The summed E-state index contributed by atoms with van der Waals surface area (Å²) in [5.41, 5.74) is 1.25. The zero-order chi connectivity index (χ0) is 25.0. The third kappa shape index (κ3) is 6.08. The summed E-state index contributed by atoms with van der Waals surface area (Å²) in [5.74, 6) is -0.636. The van der Waals surface area contributed by atoms with Crippen LogP contribution in [0.15, 0.2) is 52.7 Å². The van der Waals surface area contributed by atoms with Gasteiger partial charge in [0, 0.05) is 25.4 Å². The summed E-state index contributed by atoms with van der Waals surface area (Å²) in [4.78, 5) is 27.8. The van der Waals surface area contributed by atoms with Gasteiger partial charge in [-0.1, -0.05) is 26.0 Å². The van der Waals surface area contributed by atoms with Crippen molar-refractivity contribution in [2.45, 2.75) is 65.3 Å². The molecule has 9 heteroatoms. The average molecular weight is 485 g/mol. The van der Waals surface area contributed by atoms with Crippen molar-refractivity contribution in [3.8, 4) is 0 Å². The molecule has 2 aromatic rings. The van der Waals surface area contributed by atoms with Crippen molar-refractivity contribution in [2.75, 3.05) is 11.9 Å². The number of ether oxygens (including phenoxy) is 1. The van der Waals surface area contributed by atoms with Gasteiger partial charge < -0.3 is 9.64 Å². The quantitative estimate of drug-likeness (QED) is 0.399. The molecule has 0 aliphatic carbocycles. The highest BCUT2D eigenvalue weighted by Gasteiger charge is 2.31. The predicted octanol–water partition coefficient (Wildman–Crippen LogP) is 2.15. The highest BCUT2D eigenvalue weighted by molar-refractivity contribution is 7.75. The van der Waals surface area contributed by atoms with Crippen molar-refractivity contribution in [3.63, 3.8) is 0 Å². The molecule has 34 heavy (non-hydrogen) atoms. The number of carbonyl (C=O) groups excluding carboxylic acids is 1. The Morgan fingerprint density at radius 3 is 2.26 bits per heavy atom. The number of carbonyl (C=O) groups is 1. The third-order valence-corrected chi connectivity index (χ3v) is 6.37. The molecule has 0 fully saturated rings. The van der Waals surface area contributed by atoms with E-state index in [9.17, 15) is 13.2 Å². The van der Waals surface area contributed by atoms with Crippen LogP contribution in [-0.2, 0) is 26.2 Å². The first-order chi connectivity index (χ1) is 16.0. The van der Waals surface area contributed by atoms with Gasteiger partial charge in [0.25, 0.3) is 0 Å². The van der Waals surface area contributed by atoms with E-state index in [1.165, 1.54) is 0 Å². The molecule has 1 aliphatic heterocycles. The van der Waals surface area contributed by atoms with Crippen LogP contribution in [0.1, 0.15) is 46.6 Å². The smallest absolute Gasteiger partial charge is 0.352 e. The van der Waals surface area contributed by atoms with Gasteiger partial charge >= 0.3 is 5.97 Å². The van der Waals surface area contributed by atoms with Crippen molar-refractivity contribution in [1.82, 2.24) is 4.98 Å². The molecule has 182 valence electrons. The van der Waals surface area contributed by atoms with E-state index in [4.69, 9.17) is 14.7 Å². The molecule has 1 aromatic carbocycles. The molecule has 1 aliphatic rings. The van der Waals surface area contributed by atoms with Crippen molar-refractivity contribution >= 4 is 26.8 Å². The maximum atomic E-state index is 12.6. The van der Waals surface area contributed by atoms with E-state index < -0.39 is 34.1 Å². The average Bonchev–Trinajstić information content (AvgIpc) is 3.07. The highest BCUT2D eigenvalue weighted by Crippen LogP contribution is 2.25. The first-order valence-electron chi connectivity index (χ1n) is 11.4. The van der Waals surface area contributed by atoms with Gasteiger partial charge in [0.05, 0.1) is 23.7 Å². The minimum Gasteiger partial charge on any atom is -0.459 e. The van der Waals surface area contributed by atoms with E-state index >= 15 is 0 Å². The van der Waals surface area contributed by atoms with E-state index in [1.807, 2.05) is 56.0 Å². The summed E-state index contributed by atoms with van der Waals surface area (Å²) < 4.78 is 29.4. The van der Waals surface area contributed by atoms with Crippen molar-refractivity contribution < 1.29 is 17.9 Å². The van der Waals surface area contributed by atoms with Gasteiger partial charge in [0.2, 0.25) is 10.3 Å². The lowest BCUT2D eigenvalue weighted by Gasteiger charge is -2.31. The molecule has 3 rings (SSSR count). The molecule has 0 radical (unpaired) electrons. The molecular formula is C25H32N4O4S. The Labute approximate surface area is 201 Å². The van der Waals surface area contributed by atoms with Gasteiger partial charge in [0.15, 0.2) is 10.5 Å². The Morgan fingerprint density at radius 1 is 1.06 bits per heavy atom. The molecule has 0 spiro atoms. The zero-order valence-corrected chi connectivity index (χ0v) is 21.3. The summed E-state index contributed by atoms with van der Waals surface area (Å²) in [6.07, 6.45) is 4.11. The topological polar surface area (TPSA) is 101 Å². The fourth-order valence-corrected chi connectivity index (χ4v) is 4.73. The maximum absolute atomic E-state index is 12.6. The first kappa shape index (κ1) is 25.6. The normalized spacial score (nSPS) is 17.5. The van der Waals surface area contributed by atoms with Crippen LogP contribution in [0.4, 0.5) is 5.69 Å². The number of aromatic nitrogens is 1. The van der Waals surface area contributed by atoms with Crippen molar-refractivity contribution in [1.29, 1.82) is 0 Å². The molecule has 0 bridgehead atoms. The Balaban J connectivity index is 1.85. The van der Waals surface area contributed by atoms with E-state index in [-0.39, 0.29) is 10.8 Å². The van der Waals surface area contributed by atoms with Gasteiger partial charge in [-0.25, -0.2) is 4.79 Å². The molecule has 2 atom stereocenters. The SMILES string of the molecule is CC(C)CC(C(C(=O)OC(C)C)=S(=O)=O)N(C)c1ccc(CC2(C)N=c3ccncc3=N2)cc1. The van der Waals surface area contributed by atoms with Crippen molar-refractivity contribution in [2.24, 2.45) is 15.9 Å². The van der Waals surface area contributed by atoms with Crippen LogP contribution in [0.25, 0.3) is 0 Å². The summed E-state index contributed by atoms with van der Waals surface area (Å²) in [5, 5.41) is 1.63. The minimum atomic E-state index is -2.70. The minimum absolute atomic E-state index is 0.166. The molecule has 1 aromatic heterocycles. The number of anilines is 1. The monoisotopic (exact) mass is 484 g/mol. The van der Waals surface area contributed by atoms with E-state index in [2.05, 4.69) is 4.98 Å². The number of fused-ring (bicyclic) bond motifs is 1. The number of rotatable bonds is 9. The predicted molar refractivity (Wildman–Crippen MR) is 132 cm³/mol. The molecule has 0 saturated heterocycles. The second-order valence-corrected chi connectivity index (χ2v) is 10.4. The fraction of sp³-hybridized carbons (Fsp3) is 0.480. The lowest BCUT2D eigenvalue weighted by atomic mass is 9.98. The lowest BCUT2D eigenvalue weighted by Crippen LogP contribution is -2.44. The van der Waals surface area contributed by atoms with E-state index in [0.717, 1.165) is 22.0 Å². The number of benzene rings is 1. The number of hydrogen-bond donors (Lipinski definition) is 0. The van der Waals surface area contributed by atoms with Crippen LogP contribution < -0.4 is 15.6 Å². The van der Waals surface area contributed by atoms with Gasteiger partial charge in [-0.15, -0.1) is 0 Å². The number of hydrogen-bond acceptors (Lipinski definition) is 8. The third-order valence-electron chi connectivity index (χ3n) is 5.57. The summed E-state index contributed by atoms with van der Waals surface area (Å²) in [6, 6.07) is 9.03. The highest BCUT2D eigenvalue weighted by atomic mass is 32.2. The molecule has 8 nitrogen and oxygen atoms in total. The molecule has 0 saturated carbocycles. The summed E-state index contributed by atoms with van der Waals surface area (Å²) in [6.45, 7) is 9.36. The molecule has 0 amide bonds. The van der Waals surface area contributed by atoms with Crippen LogP contribution >= 0.6 is 0 Å². The number of pyridine rings is 1. The van der Waals surface area contributed by atoms with Crippen LogP contribution in [0.5, 0.6) is 0 Å². The maximum Gasteiger partial charge on any atom is 0.352 e. The van der Waals surface area contributed by atoms with Crippen LogP contribution in [0.3, 0.4) is 0 Å². The van der Waals surface area contributed by atoms with Gasteiger partial charge in [-0.3, -0.25) is 15.0 Å². The summed E-state index contributed by atoms with van der Waals surface area (Å²) in [7, 11) is -0.907. The largest absolute Gasteiger partial charge is 0.459 e. The number of nitrogens with zero attached hydrogens (tertiary/aromatic N) is 4. The van der Waals surface area contributed by atoms with Crippen LogP contribution in [0.2, 0.25) is 0 Å². The van der Waals surface area contributed by atoms with Gasteiger partial charge in [-0.05, 0) is 56.9 Å². The number of esters is 1. The standard InChI is InChI=1S/C25H32N4O4S/c1-16(2)13-22(23(34(31)32)24(30)33-17(3)4)29(6)19-9-7-18(8-10-19)14-25(5)27-20-11-12-26-15-21(20)28-25/h7-12,15-17,22H,13-14H2,1-6H3. The van der Waals surface area contributed by atoms with Crippen LogP contribution in [0, 0.1) is 5.92 Å². The van der Waals surface area contributed by atoms with Gasteiger partial charge in [-0.2, -0.15) is 8.42 Å². The lowest BCUT2D eigenvalue weighted by molar-refractivity contribution is -0.139.